The van der Waals surface area contributed by atoms with E-state index in [2.05, 4.69) is 29.8 Å². The molecular formula is C13H19BrO2. The number of aliphatic hydroxyl groups excluding tert-OH is 2. The van der Waals surface area contributed by atoms with Crippen molar-refractivity contribution in [2.75, 3.05) is 5.33 Å². The van der Waals surface area contributed by atoms with Crippen LogP contribution in [0.5, 0.6) is 0 Å². The second kappa shape index (κ2) is 6.38. The topological polar surface area (TPSA) is 40.5 Å². The molecule has 1 aromatic carbocycles. The number of hydrogen-bond acceptors (Lipinski definition) is 2. The molecule has 0 aromatic heterocycles. The molecule has 0 saturated heterocycles. The molecule has 0 spiro atoms. The van der Waals surface area contributed by atoms with Crippen LogP contribution in [0, 0.1) is 0 Å². The first-order chi connectivity index (χ1) is 7.57. The summed E-state index contributed by atoms with van der Waals surface area (Å²) in [6.07, 6.45) is -0.955. The lowest BCUT2D eigenvalue weighted by molar-refractivity contribution is 0.0167. The van der Waals surface area contributed by atoms with Crippen LogP contribution in [0.3, 0.4) is 0 Å². The highest BCUT2D eigenvalue weighted by Gasteiger charge is 2.20. The van der Waals surface area contributed by atoms with Gasteiger partial charge < -0.3 is 10.2 Å². The zero-order chi connectivity index (χ0) is 12.1. The van der Waals surface area contributed by atoms with Gasteiger partial charge in [-0.2, -0.15) is 0 Å². The van der Waals surface area contributed by atoms with Crippen molar-refractivity contribution < 1.29 is 10.2 Å². The second-order valence-corrected chi connectivity index (χ2v) is 5.07. The first kappa shape index (κ1) is 13.7. The molecule has 0 amide bonds. The lowest BCUT2D eigenvalue weighted by Gasteiger charge is -2.21. The highest BCUT2D eigenvalue weighted by molar-refractivity contribution is 9.09. The van der Waals surface area contributed by atoms with E-state index < -0.39 is 12.2 Å². The Morgan fingerprint density at radius 3 is 2.19 bits per heavy atom. The summed E-state index contributed by atoms with van der Waals surface area (Å²) in [6, 6.07) is 7.75. The van der Waals surface area contributed by atoms with Gasteiger partial charge in [-0.15, -0.1) is 0 Å². The quantitative estimate of drug-likeness (QED) is 0.817. The average molecular weight is 287 g/mol. The fraction of sp³-hybridized carbons (Fsp3) is 0.538. The molecule has 1 aromatic rings. The molecule has 0 heterocycles. The predicted octanol–water partition coefficient (Wildman–Crippen LogP) is 2.99. The molecule has 1 rings (SSSR count). The number of halogens is 1. The van der Waals surface area contributed by atoms with Gasteiger partial charge in [-0.25, -0.2) is 0 Å². The third kappa shape index (κ3) is 3.30. The third-order valence-corrected chi connectivity index (χ3v) is 3.16. The summed E-state index contributed by atoms with van der Waals surface area (Å²) < 4.78 is 0. The Bertz CT molecular complexity index is 325. The SMILES string of the molecule is CC(C)c1ccccc1C(O)C(O)CCBr. The minimum absolute atomic E-state index is 0.349. The first-order valence-electron chi connectivity index (χ1n) is 5.58. The van der Waals surface area contributed by atoms with E-state index in [1.807, 2.05) is 24.3 Å². The highest BCUT2D eigenvalue weighted by atomic mass is 79.9. The third-order valence-electron chi connectivity index (χ3n) is 2.71. The van der Waals surface area contributed by atoms with Crippen LogP contribution in [0.1, 0.15) is 43.4 Å². The van der Waals surface area contributed by atoms with Crippen LogP contribution in [0.2, 0.25) is 0 Å². The minimum atomic E-state index is -0.795. The van der Waals surface area contributed by atoms with Gasteiger partial charge in [0.05, 0.1) is 6.10 Å². The molecule has 0 aliphatic rings. The van der Waals surface area contributed by atoms with E-state index in [0.717, 1.165) is 11.1 Å². The molecule has 3 heteroatoms. The summed E-state index contributed by atoms with van der Waals surface area (Å²) in [5.74, 6) is 0.349. The number of rotatable bonds is 5. The maximum absolute atomic E-state index is 10.1. The molecule has 0 fully saturated rings. The van der Waals surface area contributed by atoms with E-state index in [1.54, 1.807) is 0 Å². The molecule has 16 heavy (non-hydrogen) atoms. The molecule has 0 saturated carbocycles. The molecule has 0 bridgehead atoms. The Morgan fingerprint density at radius 2 is 1.69 bits per heavy atom. The monoisotopic (exact) mass is 286 g/mol. The van der Waals surface area contributed by atoms with Crippen LogP contribution in [0.25, 0.3) is 0 Å². The van der Waals surface area contributed by atoms with Gasteiger partial charge >= 0.3 is 0 Å². The summed E-state index contributed by atoms with van der Waals surface area (Å²) >= 11 is 3.27. The molecular weight excluding hydrogens is 268 g/mol. The van der Waals surface area contributed by atoms with Gasteiger partial charge in [0.25, 0.3) is 0 Å². The van der Waals surface area contributed by atoms with Crippen LogP contribution in [-0.2, 0) is 0 Å². The smallest absolute Gasteiger partial charge is 0.105 e. The van der Waals surface area contributed by atoms with Crippen molar-refractivity contribution in [3.8, 4) is 0 Å². The molecule has 0 radical (unpaired) electrons. The van der Waals surface area contributed by atoms with Gasteiger partial charge in [0, 0.05) is 5.33 Å². The van der Waals surface area contributed by atoms with Crippen LogP contribution < -0.4 is 0 Å². The molecule has 0 aliphatic carbocycles. The van der Waals surface area contributed by atoms with Crippen molar-refractivity contribution in [2.24, 2.45) is 0 Å². The van der Waals surface area contributed by atoms with Gasteiger partial charge in [0.1, 0.15) is 6.10 Å². The van der Waals surface area contributed by atoms with Gasteiger partial charge in [-0.3, -0.25) is 0 Å². The molecule has 0 aliphatic heterocycles. The van der Waals surface area contributed by atoms with Crippen molar-refractivity contribution >= 4 is 15.9 Å². The Kier molecular flexibility index (Phi) is 5.46. The Hall–Kier alpha value is -0.380. The van der Waals surface area contributed by atoms with Gasteiger partial charge in [-0.05, 0) is 23.5 Å². The summed E-state index contributed by atoms with van der Waals surface area (Å²) in [4.78, 5) is 0. The van der Waals surface area contributed by atoms with Crippen molar-refractivity contribution in [2.45, 2.75) is 38.4 Å². The standard InChI is InChI=1S/C13H19BrO2/c1-9(2)10-5-3-4-6-11(10)13(16)12(15)7-8-14/h3-6,9,12-13,15-16H,7-8H2,1-2H3. The largest absolute Gasteiger partial charge is 0.390 e. The maximum atomic E-state index is 10.1. The van der Waals surface area contributed by atoms with Crippen molar-refractivity contribution in [3.63, 3.8) is 0 Å². The van der Waals surface area contributed by atoms with E-state index in [9.17, 15) is 10.2 Å². The summed E-state index contributed by atoms with van der Waals surface area (Å²) in [6.45, 7) is 4.17. The van der Waals surface area contributed by atoms with E-state index in [4.69, 9.17) is 0 Å². The van der Waals surface area contributed by atoms with Crippen LogP contribution in [-0.4, -0.2) is 21.6 Å². The molecule has 2 nitrogen and oxygen atoms in total. The average Bonchev–Trinajstić information content (AvgIpc) is 2.28. The number of hydrogen-bond donors (Lipinski definition) is 2. The van der Waals surface area contributed by atoms with Crippen molar-refractivity contribution in [3.05, 3.63) is 35.4 Å². The Labute approximate surface area is 105 Å². The second-order valence-electron chi connectivity index (χ2n) is 4.27. The normalized spacial score (nSPS) is 15.1. The summed E-state index contributed by atoms with van der Waals surface area (Å²) in [7, 11) is 0. The van der Waals surface area contributed by atoms with E-state index in [0.29, 0.717) is 17.7 Å². The van der Waals surface area contributed by atoms with Crippen LogP contribution in [0.15, 0.2) is 24.3 Å². The summed E-state index contributed by atoms with van der Waals surface area (Å²) in [5, 5.41) is 20.6. The van der Waals surface area contributed by atoms with E-state index in [1.165, 1.54) is 0 Å². The lowest BCUT2D eigenvalue weighted by atomic mass is 9.91. The molecule has 2 unspecified atom stereocenters. The number of aliphatic hydroxyl groups is 2. The highest BCUT2D eigenvalue weighted by Crippen LogP contribution is 2.27. The van der Waals surface area contributed by atoms with Gasteiger partial charge in [0.15, 0.2) is 0 Å². The fourth-order valence-electron chi connectivity index (χ4n) is 1.78. The lowest BCUT2D eigenvalue weighted by Crippen LogP contribution is -2.20. The van der Waals surface area contributed by atoms with E-state index in [-0.39, 0.29) is 0 Å². The zero-order valence-corrected chi connectivity index (χ0v) is 11.3. The number of benzene rings is 1. The number of alkyl halides is 1. The van der Waals surface area contributed by atoms with Crippen LogP contribution >= 0.6 is 15.9 Å². The Morgan fingerprint density at radius 1 is 1.12 bits per heavy atom. The Balaban J connectivity index is 2.93. The van der Waals surface area contributed by atoms with Gasteiger partial charge in [0.2, 0.25) is 0 Å². The van der Waals surface area contributed by atoms with E-state index >= 15 is 0 Å². The molecule has 90 valence electrons. The first-order valence-corrected chi connectivity index (χ1v) is 6.71. The zero-order valence-electron chi connectivity index (χ0n) is 9.73. The van der Waals surface area contributed by atoms with Crippen molar-refractivity contribution in [1.82, 2.24) is 0 Å². The molecule has 2 N–H and O–H groups in total. The van der Waals surface area contributed by atoms with Crippen molar-refractivity contribution in [1.29, 1.82) is 0 Å². The molecule has 2 atom stereocenters. The maximum Gasteiger partial charge on any atom is 0.105 e. The summed E-state index contributed by atoms with van der Waals surface area (Å²) in [5.41, 5.74) is 1.94. The van der Waals surface area contributed by atoms with Gasteiger partial charge in [-0.1, -0.05) is 54.0 Å². The fourth-order valence-corrected chi connectivity index (χ4v) is 2.25. The van der Waals surface area contributed by atoms with Crippen LogP contribution in [0.4, 0.5) is 0 Å². The minimum Gasteiger partial charge on any atom is -0.390 e. The predicted molar refractivity (Wildman–Crippen MR) is 69.9 cm³/mol.